The second-order valence-corrected chi connectivity index (χ2v) is 3.50. The molecule has 76 valence electrons. The number of carbonyl (C=O) groups is 1. The van der Waals surface area contributed by atoms with Crippen LogP contribution in [0, 0.1) is 6.92 Å². The topological polar surface area (TPSA) is 60.4 Å². The number of rotatable bonds is 1. The maximum Gasteiger partial charge on any atom is 0.336 e. The number of carboxylic acids is 1. The molecule has 2 rings (SSSR count). The van der Waals surface area contributed by atoms with Crippen LogP contribution in [0.3, 0.4) is 0 Å². The predicted octanol–water partition coefficient (Wildman–Crippen LogP) is 1.92. The van der Waals surface area contributed by atoms with E-state index in [1.807, 2.05) is 19.1 Å². The molecule has 0 saturated carbocycles. The summed E-state index contributed by atoms with van der Waals surface area (Å²) >= 11 is 0. The number of aromatic carboxylic acids is 1. The summed E-state index contributed by atoms with van der Waals surface area (Å²) in [5.74, 6) is -1.34. The Morgan fingerprint density at radius 2 is 2.00 bits per heavy atom. The molecule has 0 unspecified atom stereocenters. The van der Waals surface area contributed by atoms with Crippen molar-refractivity contribution in [3.05, 3.63) is 41.5 Å². The number of fused-ring (bicyclic) bond motifs is 1. The van der Waals surface area contributed by atoms with E-state index in [0.29, 0.717) is 10.8 Å². The van der Waals surface area contributed by atoms with Crippen LogP contribution in [0.15, 0.2) is 30.3 Å². The van der Waals surface area contributed by atoms with Crippen molar-refractivity contribution in [2.75, 3.05) is 0 Å². The molecule has 0 atom stereocenters. The fourth-order valence-corrected chi connectivity index (χ4v) is 1.64. The van der Waals surface area contributed by atoms with Gasteiger partial charge in [-0.15, -0.1) is 5.75 Å². The van der Waals surface area contributed by atoms with Gasteiger partial charge in [-0.2, -0.15) is 0 Å². The van der Waals surface area contributed by atoms with Crippen LogP contribution in [0.4, 0.5) is 0 Å². The molecule has 2 aromatic rings. The van der Waals surface area contributed by atoms with Crippen LogP contribution in [0.1, 0.15) is 15.9 Å². The summed E-state index contributed by atoms with van der Waals surface area (Å²) in [5, 5.41) is 21.5. The molecule has 0 heterocycles. The van der Waals surface area contributed by atoms with Gasteiger partial charge in [0.15, 0.2) is 0 Å². The van der Waals surface area contributed by atoms with Gasteiger partial charge in [0.25, 0.3) is 0 Å². The first kappa shape index (κ1) is 9.52. The zero-order valence-corrected chi connectivity index (χ0v) is 8.15. The van der Waals surface area contributed by atoms with Crippen LogP contribution in [0.25, 0.3) is 10.8 Å². The van der Waals surface area contributed by atoms with E-state index in [9.17, 15) is 9.90 Å². The Morgan fingerprint density at radius 3 is 2.67 bits per heavy atom. The van der Waals surface area contributed by atoms with Crippen LogP contribution in [0.5, 0.6) is 5.75 Å². The van der Waals surface area contributed by atoms with Gasteiger partial charge in [-0.1, -0.05) is 35.9 Å². The molecule has 0 aliphatic rings. The van der Waals surface area contributed by atoms with E-state index >= 15 is 0 Å². The van der Waals surface area contributed by atoms with E-state index < -0.39 is 5.97 Å². The van der Waals surface area contributed by atoms with E-state index in [2.05, 4.69) is 0 Å². The maximum atomic E-state index is 11.3. The number of hydrogen-bond acceptors (Lipinski definition) is 2. The third-order valence-electron chi connectivity index (χ3n) is 2.31. The van der Waals surface area contributed by atoms with Crippen molar-refractivity contribution in [2.24, 2.45) is 0 Å². The highest BCUT2D eigenvalue weighted by Crippen LogP contribution is 2.24. The van der Waals surface area contributed by atoms with Crippen molar-refractivity contribution >= 4 is 16.7 Å². The second-order valence-electron chi connectivity index (χ2n) is 3.50. The van der Waals surface area contributed by atoms with Crippen LogP contribution in [-0.2, 0) is 0 Å². The Bertz CT molecular complexity index is 539. The van der Waals surface area contributed by atoms with Crippen molar-refractivity contribution in [3.63, 3.8) is 0 Å². The van der Waals surface area contributed by atoms with Crippen molar-refractivity contribution in [1.29, 1.82) is 0 Å². The monoisotopic (exact) mass is 201 g/mol. The van der Waals surface area contributed by atoms with Crippen molar-refractivity contribution < 1.29 is 15.0 Å². The first-order valence-corrected chi connectivity index (χ1v) is 4.52. The van der Waals surface area contributed by atoms with Gasteiger partial charge in [-0.05, 0) is 17.7 Å². The van der Waals surface area contributed by atoms with E-state index in [1.54, 1.807) is 6.07 Å². The smallest absolute Gasteiger partial charge is 0.336 e. The molecule has 0 spiro atoms. The van der Waals surface area contributed by atoms with Crippen LogP contribution < -0.4 is 5.11 Å². The quantitative estimate of drug-likeness (QED) is 0.766. The minimum atomic E-state index is -1.07. The lowest BCUT2D eigenvalue weighted by atomic mass is 10.0. The normalized spacial score (nSPS) is 10.5. The van der Waals surface area contributed by atoms with Gasteiger partial charge in [0.1, 0.15) is 0 Å². The Hall–Kier alpha value is -2.03. The summed E-state index contributed by atoms with van der Waals surface area (Å²) in [4.78, 5) is 10.9. The lowest BCUT2D eigenvalue weighted by Gasteiger charge is -2.10. The molecular weight excluding hydrogens is 192 g/mol. The molecule has 2 aromatic carbocycles. The minimum absolute atomic E-state index is 0.0671. The fourth-order valence-electron chi connectivity index (χ4n) is 1.64. The van der Waals surface area contributed by atoms with E-state index in [-0.39, 0.29) is 11.3 Å². The predicted molar refractivity (Wildman–Crippen MR) is 55.1 cm³/mol. The van der Waals surface area contributed by atoms with E-state index in [1.165, 1.54) is 6.07 Å². The molecule has 3 nitrogen and oxygen atoms in total. The summed E-state index contributed by atoms with van der Waals surface area (Å²) < 4.78 is 0. The first-order valence-electron chi connectivity index (χ1n) is 4.52. The van der Waals surface area contributed by atoms with Gasteiger partial charge in [0.05, 0.1) is 5.56 Å². The van der Waals surface area contributed by atoms with Crippen LogP contribution in [-0.4, -0.2) is 11.1 Å². The summed E-state index contributed by atoms with van der Waals surface area (Å²) in [6.45, 7) is 1.90. The SMILES string of the molecule is Cc1ccc2c(C(=O)O)cc([O-])cc2c1. The number of carboxylic acid groups (broad SMARTS) is 1. The largest absolute Gasteiger partial charge is 0.872 e. The highest BCUT2D eigenvalue weighted by atomic mass is 16.4. The Kier molecular flexibility index (Phi) is 2.08. The first-order chi connectivity index (χ1) is 7.08. The molecule has 0 bridgehead atoms. The number of hydrogen-bond donors (Lipinski definition) is 1. The van der Waals surface area contributed by atoms with E-state index in [0.717, 1.165) is 11.6 Å². The second kappa shape index (κ2) is 3.28. The zero-order valence-electron chi connectivity index (χ0n) is 8.15. The molecule has 0 aromatic heterocycles. The number of aryl methyl sites for hydroxylation is 1. The summed E-state index contributed by atoms with van der Waals surface area (Å²) in [7, 11) is 0. The van der Waals surface area contributed by atoms with Gasteiger partial charge in [-0.25, -0.2) is 4.79 Å². The molecule has 3 heteroatoms. The van der Waals surface area contributed by atoms with Gasteiger partial charge in [0, 0.05) is 0 Å². The summed E-state index contributed by atoms with van der Waals surface area (Å²) in [6.07, 6.45) is 0. The zero-order chi connectivity index (χ0) is 11.0. The molecule has 0 aliphatic carbocycles. The Morgan fingerprint density at radius 1 is 1.27 bits per heavy atom. The standard InChI is InChI=1S/C12H10O3/c1-7-2-3-10-8(4-7)5-9(13)6-11(10)12(14)15/h2-6,13H,1H3,(H,14,15)/p-1. The maximum absolute atomic E-state index is 11.3. The molecule has 15 heavy (non-hydrogen) atoms. The lowest BCUT2D eigenvalue weighted by Crippen LogP contribution is -2.00. The Balaban J connectivity index is 2.86. The number of benzene rings is 2. The van der Waals surface area contributed by atoms with Gasteiger partial charge < -0.3 is 10.2 Å². The molecule has 0 saturated heterocycles. The lowest BCUT2D eigenvalue weighted by molar-refractivity contribution is -0.268. The molecular formula is C12H9O3-. The van der Waals surface area contributed by atoms with Crippen molar-refractivity contribution in [3.8, 4) is 5.75 Å². The summed E-state index contributed by atoms with van der Waals surface area (Å²) in [5.41, 5.74) is 1.07. The third-order valence-corrected chi connectivity index (χ3v) is 2.31. The third kappa shape index (κ3) is 1.64. The fraction of sp³-hybridized carbons (Fsp3) is 0.0833. The van der Waals surface area contributed by atoms with Crippen molar-refractivity contribution in [1.82, 2.24) is 0 Å². The van der Waals surface area contributed by atoms with Gasteiger partial charge in [0.2, 0.25) is 0 Å². The van der Waals surface area contributed by atoms with Crippen LogP contribution in [0.2, 0.25) is 0 Å². The molecule has 1 N–H and O–H groups in total. The highest BCUT2D eigenvalue weighted by Gasteiger charge is 2.07. The van der Waals surface area contributed by atoms with Crippen molar-refractivity contribution in [2.45, 2.75) is 6.92 Å². The molecule has 0 amide bonds. The summed E-state index contributed by atoms with van der Waals surface area (Å²) in [6, 6.07) is 7.98. The Labute approximate surface area is 86.6 Å². The van der Waals surface area contributed by atoms with Gasteiger partial charge >= 0.3 is 5.97 Å². The van der Waals surface area contributed by atoms with Gasteiger partial charge in [-0.3, -0.25) is 0 Å². The van der Waals surface area contributed by atoms with E-state index in [4.69, 9.17) is 5.11 Å². The minimum Gasteiger partial charge on any atom is -0.872 e. The average Bonchev–Trinajstić information content (AvgIpc) is 2.15. The van der Waals surface area contributed by atoms with Crippen LogP contribution >= 0.6 is 0 Å². The average molecular weight is 201 g/mol. The molecule has 0 radical (unpaired) electrons. The molecule has 0 fully saturated rings. The highest BCUT2D eigenvalue weighted by molar-refractivity contribution is 6.04. The molecule has 0 aliphatic heterocycles.